The number of carbonyl (C=O) groups excluding carboxylic acids is 2. The van der Waals surface area contributed by atoms with Crippen LogP contribution in [0.4, 0.5) is 0 Å². The third-order valence-corrected chi connectivity index (χ3v) is 12.8. The molecule has 1 aliphatic rings. The van der Waals surface area contributed by atoms with Crippen LogP contribution in [0, 0.1) is 0 Å². The number of allylic oxidation sites excluding steroid dienone is 10. The van der Waals surface area contributed by atoms with Crippen molar-refractivity contribution >= 4 is 19.8 Å². The van der Waals surface area contributed by atoms with Crippen molar-refractivity contribution in [3.8, 4) is 0 Å². The number of phosphoric ester groups is 1. The Morgan fingerprint density at radius 1 is 0.463 bits per heavy atom. The van der Waals surface area contributed by atoms with Gasteiger partial charge in [-0.1, -0.05) is 171 Å². The number of aliphatic hydroxyl groups excluding tert-OH is 5. The lowest BCUT2D eigenvalue weighted by molar-refractivity contribution is -0.220. The number of hydrogen-bond donors (Lipinski definition) is 6. The van der Waals surface area contributed by atoms with Gasteiger partial charge in [0.2, 0.25) is 0 Å². The molecule has 1 rings (SSSR count). The van der Waals surface area contributed by atoms with Crippen LogP contribution in [0.2, 0.25) is 0 Å². The first-order valence-corrected chi connectivity index (χ1v) is 27.6. The van der Waals surface area contributed by atoms with E-state index in [1.54, 1.807) is 0 Å². The lowest BCUT2D eigenvalue weighted by atomic mass is 9.85. The van der Waals surface area contributed by atoms with E-state index in [1.165, 1.54) is 89.9 Å². The normalized spacial score (nSPS) is 21.6. The molecule has 8 atom stereocenters. The summed E-state index contributed by atoms with van der Waals surface area (Å²) >= 11 is 0. The molecule has 388 valence electrons. The van der Waals surface area contributed by atoms with Gasteiger partial charge in [0, 0.05) is 12.8 Å². The van der Waals surface area contributed by atoms with Crippen molar-refractivity contribution in [2.75, 3.05) is 13.2 Å². The Balaban J connectivity index is 2.43. The Labute approximate surface area is 404 Å². The maximum absolute atomic E-state index is 12.9. The average molecular weight is 969 g/mol. The van der Waals surface area contributed by atoms with Crippen LogP contribution in [0.5, 0.6) is 0 Å². The van der Waals surface area contributed by atoms with Gasteiger partial charge in [0.1, 0.15) is 43.2 Å². The zero-order chi connectivity index (χ0) is 49.2. The molecule has 0 saturated heterocycles. The molecule has 0 radical (unpaired) electrons. The van der Waals surface area contributed by atoms with Crippen molar-refractivity contribution < 1.29 is 63.1 Å². The minimum atomic E-state index is -5.13. The maximum atomic E-state index is 12.9. The molecular formula is C53H93O13P. The quantitative estimate of drug-likeness (QED) is 0.0146. The molecule has 6 unspecified atom stereocenters. The molecule has 1 aliphatic carbocycles. The monoisotopic (exact) mass is 969 g/mol. The molecular weight excluding hydrogens is 876 g/mol. The summed E-state index contributed by atoms with van der Waals surface area (Å²) < 4.78 is 33.6. The number of hydrogen-bond acceptors (Lipinski definition) is 12. The SMILES string of the molecule is CCCCC/C=C/C/C=C/C/C=C/C/C=C/CCCCCC(=O)O[C@@H](COC(=O)CCCCCCCCCCC/C=C/CCCCCCCC)COP(=O)(O)OC1C(O)C(O)C(O)[C@H](O)C1O. The van der Waals surface area contributed by atoms with Gasteiger partial charge in [0.25, 0.3) is 0 Å². The summed E-state index contributed by atoms with van der Waals surface area (Å²) in [4.78, 5) is 35.8. The summed E-state index contributed by atoms with van der Waals surface area (Å²) in [6, 6.07) is 0. The highest BCUT2D eigenvalue weighted by Gasteiger charge is 2.51. The first-order valence-electron chi connectivity index (χ1n) is 26.1. The number of rotatable bonds is 43. The van der Waals surface area contributed by atoms with Crippen LogP contribution >= 0.6 is 7.82 Å². The van der Waals surface area contributed by atoms with Crippen LogP contribution in [-0.4, -0.2) is 98.3 Å². The van der Waals surface area contributed by atoms with Crippen molar-refractivity contribution in [1.82, 2.24) is 0 Å². The second-order valence-electron chi connectivity index (χ2n) is 18.0. The van der Waals surface area contributed by atoms with Gasteiger partial charge >= 0.3 is 19.8 Å². The van der Waals surface area contributed by atoms with Crippen molar-refractivity contribution in [2.24, 2.45) is 0 Å². The molecule has 0 amide bonds. The molecule has 0 aromatic heterocycles. The second kappa shape index (κ2) is 42.4. The fourth-order valence-electron chi connectivity index (χ4n) is 7.62. The Hall–Kier alpha value is -2.45. The van der Waals surface area contributed by atoms with Crippen LogP contribution in [0.25, 0.3) is 0 Å². The highest BCUT2D eigenvalue weighted by atomic mass is 31.2. The van der Waals surface area contributed by atoms with Crippen LogP contribution in [0.3, 0.4) is 0 Å². The second-order valence-corrected chi connectivity index (χ2v) is 19.4. The molecule has 14 heteroatoms. The van der Waals surface area contributed by atoms with Gasteiger partial charge in [-0.3, -0.25) is 18.6 Å². The Bertz CT molecular complexity index is 1400. The Morgan fingerprint density at radius 3 is 1.28 bits per heavy atom. The van der Waals surface area contributed by atoms with E-state index < -0.39 is 75.7 Å². The zero-order valence-electron chi connectivity index (χ0n) is 41.4. The number of unbranched alkanes of at least 4 members (excludes halogenated alkanes) is 21. The van der Waals surface area contributed by atoms with Crippen molar-refractivity contribution in [3.63, 3.8) is 0 Å². The minimum absolute atomic E-state index is 0.0572. The summed E-state index contributed by atoms with van der Waals surface area (Å²) in [6.45, 7) is 3.26. The van der Waals surface area contributed by atoms with E-state index in [4.69, 9.17) is 18.5 Å². The molecule has 0 aliphatic heterocycles. The van der Waals surface area contributed by atoms with Gasteiger partial charge < -0.3 is 39.9 Å². The fraction of sp³-hybridized carbons (Fsp3) is 0.774. The fourth-order valence-corrected chi connectivity index (χ4v) is 8.59. The predicted molar refractivity (Wildman–Crippen MR) is 267 cm³/mol. The topological polar surface area (TPSA) is 210 Å². The average Bonchev–Trinajstić information content (AvgIpc) is 3.31. The molecule has 1 fully saturated rings. The largest absolute Gasteiger partial charge is 0.472 e. The molecule has 0 heterocycles. The standard InChI is InChI=1S/C53H93O13P/c1-3-5-7-9-11-13-15-17-19-21-23-25-27-29-31-33-35-37-39-41-46(54)63-43-45(44-64-67(61,62)66-53-51(59)49(57)48(56)50(58)52(53)60)65-47(55)42-40-38-36-34-32-30-28-26-24-22-20-18-16-14-12-10-8-6-4-2/h12,14,17-20,24,26,30,32,45,48-53,56-60H,3-11,13,15-16,21-23,25,27-29,31,33-44H2,1-2H3,(H,61,62)/b14-12+,19-17+,20-18+,26-24+,32-30+/t45-,48?,49-,50?,51?,52?,53?/m0/s1. The Morgan fingerprint density at radius 2 is 0.806 bits per heavy atom. The van der Waals surface area contributed by atoms with E-state index in [2.05, 4.69) is 74.6 Å². The van der Waals surface area contributed by atoms with E-state index in [9.17, 15) is 44.6 Å². The smallest absolute Gasteiger partial charge is 0.462 e. The number of carbonyl (C=O) groups is 2. The van der Waals surface area contributed by atoms with Gasteiger partial charge in [-0.2, -0.15) is 0 Å². The number of aliphatic hydroxyl groups is 5. The van der Waals surface area contributed by atoms with Gasteiger partial charge in [-0.15, -0.1) is 0 Å². The molecule has 0 bridgehead atoms. The highest BCUT2D eigenvalue weighted by molar-refractivity contribution is 7.47. The van der Waals surface area contributed by atoms with Crippen molar-refractivity contribution in [2.45, 2.75) is 249 Å². The van der Waals surface area contributed by atoms with Crippen LogP contribution in [0.1, 0.15) is 206 Å². The third kappa shape index (κ3) is 34.5. The van der Waals surface area contributed by atoms with Gasteiger partial charge in [-0.25, -0.2) is 4.57 Å². The first-order chi connectivity index (χ1) is 32.4. The van der Waals surface area contributed by atoms with E-state index in [-0.39, 0.29) is 12.8 Å². The lowest BCUT2D eigenvalue weighted by Gasteiger charge is -2.41. The van der Waals surface area contributed by atoms with Gasteiger partial charge in [-0.05, 0) is 83.5 Å². The maximum Gasteiger partial charge on any atom is 0.472 e. The third-order valence-electron chi connectivity index (χ3n) is 11.8. The van der Waals surface area contributed by atoms with Crippen LogP contribution in [-0.2, 0) is 32.7 Å². The number of phosphoric acid groups is 1. The summed E-state index contributed by atoms with van der Waals surface area (Å²) in [5.41, 5.74) is 0. The van der Waals surface area contributed by atoms with Gasteiger partial charge in [0.05, 0.1) is 6.61 Å². The van der Waals surface area contributed by atoms with E-state index in [1.807, 2.05) is 0 Å². The molecule has 0 aromatic rings. The van der Waals surface area contributed by atoms with Crippen LogP contribution in [0.15, 0.2) is 60.8 Å². The van der Waals surface area contributed by atoms with Crippen molar-refractivity contribution in [3.05, 3.63) is 60.8 Å². The predicted octanol–water partition coefficient (Wildman–Crippen LogP) is 11.3. The first kappa shape index (κ1) is 62.6. The van der Waals surface area contributed by atoms with Crippen LogP contribution < -0.4 is 0 Å². The molecule has 67 heavy (non-hydrogen) atoms. The zero-order valence-corrected chi connectivity index (χ0v) is 42.3. The number of esters is 2. The molecule has 0 aromatic carbocycles. The van der Waals surface area contributed by atoms with E-state index >= 15 is 0 Å². The Kier molecular flexibility index (Phi) is 39.6. The minimum Gasteiger partial charge on any atom is -0.462 e. The summed E-state index contributed by atoms with van der Waals surface area (Å²) in [6.07, 6.45) is 39.7. The summed E-state index contributed by atoms with van der Waals surface area (Å²) in [5, 5.41) is 50.3. The molecule has 0 spiro atoms. The lowest BCUT2D eigenvalue weighted by Crippen LogP contribution is -2.64. The van der Waals surface area contributed by atoms with E-state index in [0.717, 1.165) is 77.0 Å². The number of ether oxygens (including phenoxy) is 2. The van der Waals surface area contributed by atoms with Crippen molar-refractivity contribution in [1.29, 1.82) is 0 Å². The molecule has 1 saturated carbocycles. The molecule has 13 nitrogen and oxygen atoms in total. The summed E-state index contributed by atoms with van der Waals surface area (Å²) in [5.74, 6) is -1.14. The van der Waals surface area contributed by atoms with Gasteiger partial charge in [0.15, 0.2) is 6.10 Å². The van der Waals surface area contributed by atoms with E-state index in [0.29, 0.717) is 12.8 Å². The highest BCUT2D eigenvalue weighted by Crippen LogP contribution is 2.47. The molecule has 6 N–H and O–H groups in total. The summed E-state index contributed by atoms with van der Waals surface area (Å²) in [7, 11) is -5.13.